The van der Waals surface area contributed by atoms with Crippen LogP contribution < -0.4 is 0 Å². The summed E-state index contributed by atoms with van der Waals surface area (Å²) in [4.78, 5) is 12.0. The Balaban J connectivity index is 2.24. The van der Waals surface area contributed by atoms with Crippen LogP contribution in [0.25, 0.3) is 11.1 Å². The number of hydrogen-bond donors (Lipinski definition) is 0. The Kier molecular flexibility index (Phi) is 4.70. The van der Waals surface area contributed by atoms with Crippen LogP contribution >= 0.6 is 0 Å². The first kappa shape index (κ1) is 13.3. The number of rotatable bonds is 5. The molecule has 2 aromatic rings. The van der Waals surface area contributed by atoms with E-state index < -0.39 is 0 Å². The fourth-order valence-corrected chi connectivity index (χ4v) is 1.83. The third-order valence-electron chi connectivity index (χ3n) is 2.75. The zero-order chi connectivity index (χ0) is 13.5. The molecule has 0 amide bonds. The minimum absolute atomic E-state index is 0.262. The topological polar surface area (TPSA) is 35.5 Å². The summed E-state index contributed by atoms with van der Waals surface area (Å²) in [6.07, 6.45) is 0. The number of ether oxygens (including phenoxy) is 2. The van der Waals surface area contributed by atoms with Crippen LogP contribution in [0.2, 0.25) is 0 Å². The summed E-state index contributed by atoms with van der Waals surface area (Å²) in [6.45, 7) is 0.664. The molecule has 0 aliphatic carbocycles. The van der Waals surface area contributed by atoms with Crippen molar-refractivity contribution in [3.63, 3.8) is 0 Å². The molecule has 0 heterocycles. The molecule has 0 aromatic heterocycles. The second-order valence-corrected chi connectivity index (χ2v) is 4.04. The van der Waals surface area contributed by atoms with E-state index in [-0.39, 0.29) is 12.6 Å². The van der Waals surface area contributed by atoms with Gasteiger partial charge in [0.15, 0.2) is 0 Å². The van der Waals surface area contributed by atoms with Gasteiger partial charge in [-0.3, -0.25) is 0 Å². The third-order valence-corrected chi connectivity index (χ3v) is 2.75. The van der Waals surface area contributed by atoms with Gasteiger partial charge in [-0.2, -0.15) is 0 Å². The van der Waals surface area contributed by atoms with E-state index in [2.05, 4.69) is 0 Å². The Morgan fingerprint density at radius 1 is 0.947 bits per heavy atom. The smallest absolute Gasteiger partial charge is 0.338 e. The van der Waals surface area contributed by atoms with Gasteiger partial charge in [-0.1, -0.05) is 48.5 Å². The van der Waals surface area contributed by atoms with Crippen LogP contribution in [0.5, 0.6) is 0 Å². The number of hydrogen-bond acceptors (Lipinski definition) is 3. The van der Waals surface area contributed by atoms with E-state index in [0.717, 1.165) is 11.1 Å². The Morgan fingerprint density at radius 2 is 1.63 bits per heavy atom. The molecule has 98 valence electrons. The van der Waals surface area contributed by atoms with Crippen molar-refractivity contribution in [3.8, 4) is 11.1 Å². The van der Waals surface area contributed by atoms with E-state index in [1.807, 2.05) is 48.5 Å². The monoisotopic (exact) mass is 256 g/mol. The van der Waals surface area contributed by atoms with Gasteiger partial charge in [0.1, 0.15) is 6.61 Å². The molecular weight excluding hydrogens is 240 g/mol. The lowest BCUT2D eigenvalue weighted by molar-refractivity contribution is 0.0389. The molecule has 0 saturated heterocycles. The van der Waals surface area contributed by atoms with E-state index >= 15 is 0 Å². The van der Waals surface area contributed by atoms with Gasteiger partial charge in [-0.25, -0.2) is 4.79 Å². The highest BCUT2D eigenvalue weighted by atomic mass is 16.6. The van der Waals surface area contributed by atoms with Gasteiger partial charge in [-0.05, 0) is 17.2 Å². The second-order valence-electron chi connectivity index (χ2n) is 4.04. The molecule has 0 saturated carbocycles. The zero-order valence-electron chi connectivity index (χ0n) is 10.8. The first-order chi connectivity index (χ1) is 9.33. The van der Waals surface area contributed by atoms with E-state index in [4.69, 9.17) is 9.47 Å². The predicted molar refractivity (Wildman–Crippen MR) is 74.0 cm³/mol. The Labute approximate surface area is 112 Å². The fraction of sp³-hybridized carbons (Fsp3) is 0.188. The van der Waals surface area contributed by atoms with Gasteiger partial charge in [0.25, 0.3) is 0 Å². The highest BCUT2D eigenvalue weighted by Gasteiger charge is 2.13. The SMILES string of the molecule is COCCOC(=O)c1ccccc1-c1ccccc1. The van der Waals surface area contributed by atoms with Crippen LogP contribution in [0.4, 0.5) is 0 Å². The van der Waals surface area contributed by atoms with E-state index in [0.29, 0.717) is 12.2 Å². The van der Waals surface area contributed by atoms with Crippen molar-refractivity contribution in [2.45, 2.75) is 0 Å². The summed E-state index contributed by atoms with van der Waals surface area (Å²) in [5, 5.41) is 0. The summed E-state index contributed by atoms with van der Waals surface area (Å²) < 4.78 is 10.0. The first-order valence-electron chi connectivity index (χ1n) is 6.13. The molecule has 0 atom stereocenters. The number of carbonyl (C=O) groups is 1. The molecule has 3 nitrogen and oxygen atoms in total. The lowest BCUT2D eigenvalue weighted by Gasteiger charge is -2.09. The maximum atomic E-state index is 12.0. The van der Waals surface area contributed by atoms with Crippen molar-refractivity contribution in [2.24, 2.45) is 0 Å². The van der Waals surface area contributed by atoms with E-state index in [1.165, 1.54) is 0 Å². The summed E-state index contributed by atoms with van der Waals surface area (Å²) in [7, 11) is 1.58. The number of methoxy groups -OCH3 is 1. The van der Waals surface area contributed by atoms with Gasteiger partial charge in [0, 0.05) is 7.11 Å². The summed E-state index contributed by atoms with van der Waals surface area (Å²) in [6, 6.07) is 17.2. The third kappa shape index (κ3) is 3.42. The quantitative estimate of drug-likeness (QED) is 0.609. The molecule has 0 aliphatic heterocycles. The Hall–Kier alpha value is -2.13. The predicted octanol–water partition coefficient (Wildman–Crippen LogP) is 3.16. The molecular formula is C16H16O3. The summed E-state index contributed by atoms with van der Waals surface area (Å²) in [5.74, 6) is -0.323. The molecule has 0 N–H and O–H groups in total. The first-order valence-corrected chi connectivity index (χ1v) is 6.13. The maximum Gasteiger partial charge on any atom is 0.338 e. The summed E-state index contributed by atoms with van der Waals surface area (Å²) >= 11 is 0. The van der Waals surface area contributed by atoms with E-state index in [1.54, 1.807) is 13.2 Å². The standard InChI is InChI=1S/C16H16O3/c1-18-11-12-19-16(17)15-10-6-5-9-14(15)13-7-3-2-4-8-13/h2-10H,11-12H2,1H3. The molecule has 0 radical (unpaired) electrons. The number of esters is 1. The molecule has 0 aliphatic rings. The summed E-state index contributed by atoms with van der Waals surface area (Å²) in [5.41, 5.74) is 2.46. The van der Waals surface area contributed by atoms with Crippen molar-refractivity contribution in [1.29, 1.82) is 0 Å². The van der Waals surface area contributed by atoms with Crippen LogP contribution in [0, 0.1) is 0 Å². The molecule has 2 aromatic carbocycles. The fourth-order valence-electron chi connectivity index (χ4n) is 1.83. The average Bonchev–Trinajstić information content (AvgIpc) is 2.48. The molecule has 3 heteroatoms. The highest BCUT2D eigenvalue weighted by Crippen LogP contribution is 2.23. The Morgan fingerprint density at radius 3 is 2.37 bits per heavy atom. The second kappa shape index (κ2) is 6.71. The van der Waals surface area contributed by atoms with Gasteiger partial charge in [0.2, 0.25) is 0 Å². The lowest BCUT2D eigenvalue weighted by Crippen LogP contribution is -2.10. The number of benzene rings is 2. The minimum atomic E-state index is -0.323. The molecule has 0 unspecified atom stereocenters. The molecule has 0 spiro atoms. The van der Waals surface area contributed by atoms with Crippen molar-refractivity contribution in [3.05, 3.63) is 60.2 Å². The van der Waals surface area contributed by atoms with Gasteiger partial charge in [0.05, 0.1) is 12.2 Å². The van der Waals surface area contributed by atoms with Gasteiger partial charge >= 0.3 is 5.97 Å². The number of carbonyl (C=O) groups excluding carboxylic acids is 1. The Bertz CT molecular complexity index is 535. The molecule has 2 rings (SSSR count). The highest BCUT2D eigenvalue weighted by molar-refractivity contribution is 5.97. The molecule has 19 heavy (non-hydrogen) atoms. The van der Waals surface area contributed by atoms with Crippen LogP contribution in [0.3, 0.4) is 0 Å². The lowest BCUT2D eigenvalue weighted by atomic mass is 10.00. The van der Waals surface area contributed by atoms with Crippen LogP contribution in [0.15, 0.2) is 54.6 Å². The molecule has 0 fully saturated rings. The minimum Gasteiger partial charge on any atom is -0.460 e. The van der Waals surface area contributed by atoms with Crippen LogP contribution in [0.1, 0.15) is 10.4 Å². The van der Waals surface area contributed by atoms with Gasteiger partial charge in [-0.15, -0.1) is 0 Å². The normalized spacial score (nSPS) is 10.2. The van der Waals surface area contributed by atoms with Crippen LogP contribution in [-0.4, -0.2) is 26.3 Å². The van der Waals surface area contributed by atoms with Crippen molar-refractivity contribution < 1.29 is 14.3 Å². The maximum absolute atomic E-state index is 12.0. The van der Waals surface area contributed by atoms with Crippen molar-refractivity contribution >= 4 is 5.97 Å². The van der Waals surface area contributed by atoms with Crippen molar-refractivity contribution in [2.75, 3.05) is 20.3 Å². The zero-order valence-corrected chi connectivity index (χ0v) is 10.8. The van der Waals surface area contributed by atoms with Crippen molar-refractivity contribution in [1.82, 2.24) is 0 Å². The largest absolute Gasteiger partial charge is 0.460 e. The average molecular weight is 256 g/mol. The van der Waals surface area contributed by atoms with Gasteiger partial charge < -0.3 is 9.47 Å². The van der Waals surface area contributed by atoms with E-state index in [9.17, 15) is 4.79 Å². The van der Waals surface area contributed by atoms with Crippen LogP contribution in [-0.2, 0) is 9.47 Å². The molecule has 0 bridgehead atoms.